The second-order valence-corrected chi connectivity index (χ2v) is 11.8. The van der Waals surface area contributed by atoms with E-state index in [4.69, 9.17) is 9.72 Å². The molecule has 0 spiro atoms. The number of rotatable bonds is 6. The Morgan fingerprint density at radius 3 is 2.38 bits per heavy atom. The number of methoxy groups -OCH3 is 1. The summed E-state index contributed by atoms with van der Waals surface area (Å²) in [6.07, 6.45) is 13.9. The Labute approximate surface area is 235 Å². The fourth-order valence-electron chi connectivity index (χ4n) is 7.51. The molecule has 2 aromatic carbocycles. The predicted molar refractivity (Wildman–Crippen MR) is 156 cm³/mol. The fourth-order valence-corrected chi connectivity index (χ4v) is 7.51. The van der Waals surface area contributed by atoms with Gasteiger partial charge in [0.2, 0.25) is 0 Å². The largest absolute Gasteiger partial charge is 0.507 e. The van der Waals surface area contributed by atoms with Gasteiger partial charge < -0.3 is 19.7 Å². The van der Waals surface area contributed by atoms with Gasteiger partial charge in [0.05, 0.1) is 18.1 Å². The minimum absolute atomic E-state index is 0.0946. The SMILES string of the molecule is COC(=O)c1cc(CNc2nc3ccccc3n([C@H]3C[C@H]4CC[C@@H](C3)N4C3CCCCCCC3)c2=O)ccc1O. The maximum Gasteiger partial charge on any atom is 0.341 e. The zero-order chi connectivity index (χ0) is 27.6. The van der Waals surface area contributed by atoms with E-state index < -0.39 is 5.97 Å². The zero-order valence-corrected chi connectivity index (χ0v) is 23.3. The number of benzene rings is 2. The number of nitrogens with one attached hydrogen (secondary N) is 1. The third kappa shape index (κ3) is 5.21. The van der Waals surface area contributed by atoms with Crippen molar-refractivity contribution in [2.24, 2.45) is 0 Å². The molecule has 2 saturated heterocycles. The summed E-state index contributed by atoms with van der Waals surface area (Å²) in [4.78, 5) is 33.6. The molecular formula is C32H40N4O4. The molecule has 1 saturated carbocycles. The average molecular weight is 545 g/mol. The normalized spacial score (nSPS) is 24.0. The Kier molecular flexibility index (Phi) is 7.78. The summed E-state index contributed by atoms with van der Waals surface area (Å²) in [7, 11) is 1.28. The molecule has 1 aromatic heterocycles. The minimum Gasteiger partial charge on any atom is -0.507 e. The monoisotopic (exact) mass is 544 g/mol. The number of hydrogen-bond acceptors (Lipinski definition) is 7. The summed E-state index contributed by atoms with van der Waals surface area (Å²) in [5.41, 5.74) is 2.41. The lowest BCUT2D eigenvalue weighted by Gasteiger charge is -2.45. The number of anilines is 1. The first-order valence-corrected chi connectivity index (χ1v) is 15.0. The number of hydrogen-bond donors (Lipinski definition) is 2. The van der Waals surface area contributed by atoms with E-state index in [1.807, 2.05) is 28.8 Å². The number of piperidine rings is 1. The molecule has 6 rings (SSSR count). The molecule has 212 valence electrons. The highest BCUT2D eigenvalue weighted by Crippen LogP contribution is 2.44. The summed E-state index contributed by atoms with van der Waals surface area (Å²) in [5, 5.41) is 13.3. The molecule has 3 aromatic rings. The van der Waals surface area contributed by atoms with Gasteiger partial charge in [-0.1, -0.05) is 50.3 Å². The highest BCUT2D eigenvalue weighted by atomic mass is 16.5. The Morgan fingerprint density at radius 2 is 1.65 bits per heavy atom. The lowest BCUT2D eigenvalue weighted by Crippen LogP contribution is -2.50. The predicted octanol–water partition coefficient (Wildman–Crippen LogP) is 5.78. The first-order valence-electron chi connectivity index (χ1n) is 15.0. The van der Waals surface area contributed by atoms with Crippen LogP contribution < -0.4 is 10.9 Å². The number of carbonyl (C=O) groups excluding carboxylic acids is 1. The molecule has 3 atom stereocenters. The van der Waals surface area contributed by atoms with Crippen LogP contribution in [0.15, 0.2) is 47.3 Å². The van der Waals surface area contributed by atoms with Gasteiger partial charge in [-0.15, -0.1) is 0 Å². The number of esters is 1. The van der Waals surface area contributed by atoms with Crippen molar-refractivity contribution in [2.75, 3.05) is 12.4 Å². The third-order valence-electron chi connectivity index (χ3n) is 9.35. The number of nitrogens with zero attached hydrogens (tertiary/aromatic N) is 3. The van der Waals surface area contributed by atoms with Gasteiger partial charge in [0, 0.05) is 30.7 Å². The topological polar surface area (TPSA) is 96.7 Å². The van der Waals surface area contributed by atoms with Crippen molar-refractivity contribution in [3.05, 3.63) is 63.9 Å². The molecule has 1 aliphatic carbocycles. The molecule has 3 aliphatic rings. The molecule has 3 heterocycles. The Hall–Kier alpha value is -3.39. The molecule has 8 nitrogen and oxygen atoms in total. The highest BCUT2D eigenvalue weighted by Gasteiger charge is 2.44. The van der Waals surface area contributed by atoms with Crippen LogP contribution in [0, 0.1) is 0 Å². The first-order chi connectivity index (χ1) is 19.5. The van der Waals surface area contributed by atoms with Crippen LogP contribution >= 0.6 is 0 Å². The summed E-state index contributed by atoms with van der Waals surface area (Å²) >= 11 is 0. The highest BCUT2D eigenvalue weighted by molar-refractivity contribution is 5.92. The summed E-state index contributed by atoms with van der Waals surface area (Å²) in [6.45, 7) is 0.288. The quantitative estimate of drug-likeness (QED) is 0.380. The van der Waals surface area contributed by atoms with E-state index in [1.54, 1.807) is 12.1 Å². The number of aromatic nitrogens is 2. The maximum absolute atomic E-state index is 14.0. The number of aromatic hydroxyl groups is 1. The average Bonchev–Trinajstić information content (AvgIpc) is 3.20. The van der Waals surface area contributed by atoms with Crippen molar-refractivity contribution >= 4 is 22.8 Å². The van der Waals surface area contributed by atoms with Crippen LogP contribution in [0.5, 0.6) is 5.75 Å². The zero-order valence-electron chi connectivity index (χ0n) is 23.3. The molecule has 8 heteroatoms. The smallest absolute Gasteiger partial charge is 0.341 e. The second-order valence-electron chi connectivity index (χ2n) is 11.8. The van der Waals surface area contributed by atoms with Gasteiger partial charge in [0.25, 0.3) is 5.56 Å². The van der Waals surface area contributed by atoms with Crippen LogP contribution in [-0.4, -0.2) is 50.8 Å². The molecular weight excluding hydrogens is 504 g/mol. The van der Waals surface area contributed by atoms with Crippen LogP contribution in [-0.2, 0) is 11.3 Å². The van der Waals surface area contributed by atoms with Crippen LogP contribution in [0.2, 0.25) is 0 Å². The molecule has 0 unspecified atom stereocenters. The minimum atomic E-state index is -0.606. The van der Waals surface area contributed by atoms with E-state index in [1.165, 1.54) is 71.0 Å². The van der Waals surface area contributed by atoms with Gasteiger partial charge in [-0.3, -0.25) is 9.69 Å². The molecule has 2 aliphatic heterocycles. The Morgan fingerprint density at radius 1 is 0.950 bits per heavy atom. The van der Waals surface area contributed by atoms with E-state index in [9.17, 15) is 14.7 Å². The number of para-hydroxylation sites is 2. The van der Waals surface area contributed by atoms with E-state index in [0.717, 1.165) is 29.4 Å². The van der Waals surface area contributed by atoms with Gasteiger partial charge in [0.1, 0.15) is 11.3 Å². The lowest BCUT2D eigenvalue weighted by atomic mass is 9.89. The van der Waals surface area contributed by atoms with Gasteiger partial charge in [-0.25, -0.2) is 9.78 Å². The standard InChI is InChI=1S/C32H40N4O4/c1-40-32(39)26-17-21(13-16-29(26)37)20-33-30-31(38)36(28-12-8-7-11-27(28)34-30)25-18-23-14-15-24(19-25)35(23)22-9-5-3-2-4-6-10-22/h7-8,11-13,16-17,22-25,37H,2-6,9-10,14-15,18-20H2,1H3,(H,33,34)/t23-,24+,25+. The number of ether oxygens (including phenoxy) is 1. The van der Waals surface area contributed by atoms with Gasteiger partial charge in [-0.2, -0.15) is 0 Å². The van der Waals surface area contributed by atoms with Crippen molar-refractivity contribution in [1.29, 1.82) is 0 Å². The number of phenolic OH excluding ortho intramolecular Hbond substituents is 1. The van der Waals surface area contributed by atoms with Crippen molar-refractivity contribution < 1.29 is 14.6 Å². The molecule has 0 amide bonds. The fraction of sp³-hybridized carbons (Fsp3) is 0.531. The van der Waals surface area contributed by atoms with Crippen LogP contribution in [0.25, 0.3) is 11.0 Å². The van der Waals surface area contributed by atoms with Crippen LogP contribution in [0.4, 0.5) is 5.82 Å². The van der Waals surface area contributed by atoms with Gasteiger partial charge >= 0.3 is 5.97 Å². The Bertz CT molecular complexity index is 1410. The van der Waals surface area contributed by atoms with E-state index in [-0.39, 0.29) is 29.5 Å². The van der Waals surface area contributed by atoms with E-state index in [2.05, 4.69) is 10.2 Å². The van der Waals surface area contributed by atoms with Crippen molar-refractivity contribution in [3.8, 4) is 5.75 Å². The van der Waals surface area contributed by atoms with E-state index >= 15 is 0 Å². The molecule has 3 fully saturated rings. The summed E-state index contributed by atoms with van der Waals surface area (Å²) in [6, 6.07) is 14.6. The molecule has 2 N–H and O–H groups in total. The molecule has 40 heavy (non-hydrogen) atoms. The maximum atomic E-state index is 14.0. The van der Waals surface area contributed by atoms with Crippen LogP contribution in [0.1, 0.15) is 92.6 Å². The molecule has 0 radical (unpaired) electrons. The third-order valence-corrected chi connectivity index (χ3v) is 9.35. The summed E-state index contributed by atoms with van der Waals surface area (Å²) in [5.74, 6) is -0.436. The van der Waals surface area contributed by atoms with Crippen LogP contribution in [0.3, 0.4) is 0 Å². The van der Waals surface area contributed by atoms with Crippen molar-refractivity contribution in [3.63, 3.8) is 0 Å². The Balaban J connectivity index is 1.27. The summed E-state index contributed by atoms with van der Waals surface area (Å²) < 4.78 is 6.78. The van der Waals surface area contributed by atoms with E-state index in [0.29, 0.717) is 23.9 Å². The van der Waals surface area contributed by atoms with Crippen molar-refractivity contribution in [1.82, 2.24) is 14.5 Å². The van der Waals surface area contributed by atoms with Gasteiger partial charge in [-0.05, 0) is 68.4 Å². The number of fused-ring (bicyclic) bond motifs is 3. The second kappa shape index (κ2) is 11.6. The van der Waals surface area contributed by atoms with Gasteiger partial charge in [0.15, 0.2) is 5.82 Å². The molecule has 2 bridgehead atoms. The van der Waals surface area contributed by atoms with Crippen molar-refractivity contribution in [2.45, 2.75) is 101 Å². The first kappa shape index (κ1) is 26.8. The lowest BCUT2D eigenvalue weighted by molar-refractivity contribution is 0.0498. The number of phenols is 1. The number of carbonyl (C=O) groups is 1.